The molecule has 4 nitrogen and oxygen atoms in total. The van der Waals surface area contributed by atoms with Crippen LogP contribution in [0.15, 0.2) is 42.5 Å². The normalized spacial score (nSPS) is 12.6. The van der Waals surface area contributed by atoms with Gasteiger partial charge in [0.2, 0.25) is 0 Å². The third kappa shape index (κ3) is 5.14. The van der Waals surface area contributed by atoms with E-state index in [-0.39, 0.29) is 17.9 Å². The molecule has 25 heavy (non-hydrogen) atoms. The molecule has 0 saturated heterocycles. The summed E-state index contributed by atoms with van der Waals surface area (Å²) in [5.41, 5.74) is 1.76. The summed E-state index contributed by atoms with van der Waals surface area (Å²) in [6.07, 6.45) is -4.16. The van der Waals surface area contributed by atoms with Crippen LogP contribution in [0, 0.1) is 5.92 Å². The number of ether oxygens (including phenoxy) is 1. The molecule has 0 radical (unpaired) electrons. The molecule has 0 saturated carbocycles. The zero-order chi connectivity index (χ0) is 18.6. The lowest BCUT2D eigenvalue weighted by molar-refractivity contribution is -0.274. The first-order chi connectivity index (χ1) is 11.7. The molecule has 7 heteroatoms. The Balaban J connectivity index is 2.25. The summed E-state index contributed by atoms with van der Waals surface area (Å²) in [4.78, 5) is 11.2. The highest BCUT2D eigenvalue weighted by Crippen LogP contribution is 2.30. The Kier molecular flexibility index (Phi) is 5.56. The van der Waals surface area contributed by atoms with Crippen molar-refractivity contribution in [2.75, 3.05) is 0 Å². The molecule has 0 amide bonds. The minimum Gasteiger partial charge on any atom is -0.508 e. The van der Waals surface area contributed by atoms with Gasteiger partial charge < -0.3 is 14.9 Å². The van der Waals surface area contributed by atoms with Crippen molar-refractivity contribution in [2.45, 2.75) is 26.1 Å². The van der Waals surface area contributed by atoms with Gasteiger partial charge >= 0.3 is 12.3 Å². The molecule has 1 unspecified atom stereocenters. The molecule has 2 aromatic rings. The first-order valence-electron chi connectivity index (χ1n) is 7.60. The van der Waals surface area contributed by atoms with E-state index in [4.69, 9.17) is 5.11 Å². The Labute approximate surface area is 142 Å². The van der Waals surface area contributed by atoms with Crippen LogP contribution in [-0.4, -0.2) is 22.5 Å². The van der Waals surface area contributed by atoms with Crippen LogP contribution in [0.25, 0.3) is 11.1 Å². The second-order valence-electron chi connectivity index (χ2n) is 5.56. The summed E-state index contributed by atoms with van der Waals surface area (Å²) in [5, 5.41) is 19.1. The Morgan fingerprint density at radius 3 is 2.24 bits per heavy atom. The van der Waals surface area contributed by atoms with Crippen LogP contribution in [-0.2, 0) is 11.2 Å². The largest absolute Gasteiger partial charge is 0.573 e. The van der Waals surface area contributed by atoms with Gasteiger partial charge in [-0.2, -0.15) is 0 Å². The van der Waals surface area contributed by atoms with Gasteiger partial charge in [0.25, 0.3) is 0 Å². The van der Waals surface area contributed by atoms with Gasteiger partial charge in [-0.25, -0.2) is 0 Å². The SMILES string of the molecule is CCC(Cc1cc(-c2ccc(OC(F)(F)F)cc2)ccc1O)C(=O)O. The number of hydrogen-bond acceptors (Lipinski definition) is 3. The number of halogens is 3. The molecule has 2 N–H and O–H groups in total. The average Bonchev–Trinajstić information content (AvgIpc) is 2.53. The van der Waals surface area contributed by atoms with E-state index in [1.54, 1.807) is 19.1 Å². The van der Waals surface area contributed by atoms with Crippen LogP contribution < -0.4 is 4.74 Å². The van der Waals surface area contributed by atoms with E-state index >= 15 is 0 Å². The van der Waals surface area contributed by atoms with E-state index in [0.29, 0.717) is 23.1 Å². The number of benzene rings is 2. The fourth-order valence-corrected chi connectivity index (χ4v) is 2.45. The quantitative estimate of drug-likeness (QED) is 0.795. The number of rotatable bonds is 6. The maximum Gasteiger partial charge on any atom is 0.573 e. The van der Waals surface area contributed by atoms with Crippen molar-refractivity contribution in [1.29, 1.82) is 0 Å². The summed E-state index contributed by atoms with van der Waals surface area (Å²) in [6.45, 7) is 1.75. The Morgan fingerprint density at radius 1 is 1.12 bits per heavy atom. The molecule has 0 heterocycles. The number of phenolic OH excluding ortho intramolecular Hbond substituents is 1. The van der Waals surface area contributed by atoms with Crippen LogP contribution in [0.2, 0.25) is 0 Å². The van der Waals surface area contributed by atoms with Gasteiger partial charge in [0.05, 0.1) is 5.92 Å². The minimum absolute atomic E-state index is 0.0134. The van der Waals surface area contributed by atoms with Crippen LogP contribution in [0.4, 0.5) is 13.2 Å². The third-order valence-corrected chi connectivity index (χ3v) is 3.81. The topological polar surface area (TPSA) is 66.8 Å². The van der Waals surface area contributed by atoms with E-state index in [2.05, 4.69) is 4.74 Å². The third-order valence-electron chi connectivity index (χ3n) is 3.81. The van der Waals surface area contributed by atoms with Crippen molar-refractivity contribution in [3.05, 3.63) is 48.0 Å². The van der Waals surface area contributed by atoms with Crippen molar-refractivity contribution in [3.63, 3.8) is 0 Å². The van der Waals surface area contributed by atoms with E-state index in [1.807, 2.05) is 0 Å². The zero-order valence-electron chi connectivity index (χ0n) is 13.4. The number of hydrogen-bond donors (Lipinski definition) is 2. The first-order valence-corrected chi connectivity index (χ1v) is 7.60. The number of carbonyl (C=O) groups is 1. The molecule has 134 valence electrons. The van der Waals surface area contributed by atoms with Gasteiger partial charge in [0.15, 0.2) is 0 Å². The Hall–Kier alpha value is -2.70. The lowest BCUT2D eigenvalue weighted by Gasteiger charge is -2.13. The van der Waals surface area contributed by atoms with Crippen molar-refractivity contribution >= 4 is 5.97 Å². The lowest BCUT2D eigenvalue weighted by atomic mass is 9.94. The maximum atomic E-state index is 12.2. The zero-order valence-corrected chi connectivity index (χ0v) is 13.4. The standard InChI is InChI=1S/C18H17F3O4/c1-2-11(17(23)24)9-14-10-13(5-8-16(14)22)12-3-6-15(7-4-12)25-18(19,20)21/h3-8,10-11,22H,2,9H2,1H3,(H,23,24). The number of alkyl halides is 3. The Bertz CT molecular complexity index is 739. The van der Waals surface area contributed by atoms with Gasteiger partial charge in [-0.3, -0.25) is 4.79 Å². The first kappa shape index (κ1) is 18.6. The predicted molar refractivity (Wildman–Crippen MR) is 85.3 cm³/mol. The molecule has 0 aliphatic carbocycles. The fourth-order valence-electron chi connectivity index (χ4n) is 2.45. The second-order valence-corrected chi connectivity index (χ2v) is 5.56. The molecule has 0 spiro atoms. The highest BCUT2D eigenvalue weighted by Gasteiger charge is 2.31. The van der Waals surface area contributed by atoms with E-state index in [9.17, 15) is 23.1 Å². The smallest absolute Gasteiger partial charge is 0.508 e. The molecule has 0 bridgehead atoms. The Morgan fingerprint density at radius 2 is 1.72 bits per heavy atom. The van der Waals surface area contributed by atoms with Gasteiger partial charge in [-0.1, -0.05) is 25.1 Å². The molecule has 2 rings (SSSR count). The van der Waals surface area contributed by atoms with Gasteiger partial charge in [-0.05, 0) is 53.8 Å². The van der Waals surface area contributed by atoms with E-state index in [1.165, 1.54) is 30.3 Å². The summed E-state index contributed by atoms with van der Waals surface area (Å²) < 4.78 is 40.4. The monoisotopic (exact) mass is 354 g/mol. The van der Waals surface area contributed by atoms with E-state index in [0.717, 1.165) is 0 Å². The highest BCUT2D eigenvalue weighted by molar-refractivity contribution is 5.71. The minimum atomic E-state index is -4.75. The van der Waals surface area contributed by atoms with E-state index < -0.39 is 18.2 Å². The fraction of sp³-hybridized carbons (Fsp3) is 0.278. The summed E-state index contributed by atoms with van der Waals surface area (Å²) in [6, 6.07) is 10.0. The van der Waals surface area contributed by atoms with Gasteiger partial charge in [0, 0.05) is 0 Å². The number of aliphatic carboxylic acids is 1. The summed E-state index contributed by atoms with van der Waals surface area (Å²) in [7, 11) is 0. The van der Waals surface area contributed by atoms with Crippen LogP contribution in [0.3, 0.4) is 0 Å². The summed E-state index contributed by atoms with van der Waals surface area (Å²) in [5.74, 6) is -1.91. The second kappa shape index (κ2) is 7.46. The van der Waals surface area contributed by atoms with Gasteiger partial charge in [0.1, 0.15) is 11.5 Å². The van der Waals surface area contributed by atoms with Crippen LogP contribution >= 0.6 is 0 Å². The van der Waals surface area contributed by atoms with Crippen molar-refractivity contribution < 1.29 is 32.9 Å². The molecule has 2 aromatic carbocycles. The number of aromatic hydroxyl groups is 1. The van der Waals surface area contributed by atoms with Crippen molar-refractivity contribution in [1.82, 2.24) is 0 Å². The highest BCUT2D eigenvalue weighted by atomic mass is 19.4. The molecular formula is C18H17F3O4. The molecule has 0 fully saturated rings. The molecule has 1 atom stereocenters. The van der Waals surface area contributed by atoms with Crippen LogP contribution in [0.1, 0.15) is 18.9 Å². The molecule has 0 aliphatic rings. The predicted octanol–water partition coefficient (Wildman–Crippen LogP) is 4.61. The molecule has 0 aromatic heterocycles. The lowest BCUT2D eigenvalue weighted by Crippen LogP contribution is -2.16. The maximum absolute atomic E-state index is 12.2. The summed E-state index contributed by atoms with van der Waals surface area (Å²) >= 11 is 0. The van der Waals surface area contributed by atoms with Crippen molar-refractivity contribution in [2.24, 2.45) is 5.92 Å². The number of carboxylic acid groups (broad SMARTS) is 1. The number of carboxylic acids is 1. The molecule has 0 aliphatic heterocycles. The van der Waals surface area contributed by atoms with Crippen molar-refractivity contribution in [3.8, 4) is 22.6 Å². The van der Waals surface area contributed by atoms with Crippen LogP contribution in [0.5, 0.6) is 11.5 Å². The average molecular weight is 354 g/mol. The van der Waals surface area contributed by atoms with Gasteiger partial charge in [-0.15, -0.1) is 13.2 Å². The number of phenols is 1. The molecular weight excluding hydrogens is 337 g/mol.